The van der Waals surface area contributed by atoms with E-state index in [0.29, 0.717) is 5.56 Å². The molecule has 1 unspecified atom stereocenters. The number of rotatable bonds is 12. The maximum absolute atomic E-state index is 9.04. The van der Waals surface area contributed by atoms with Crippen LogP contribution in [0.15, 0.2) is 392 Å². The van der Waals surface area contributed by atoms with Gasteiger partial charge in [-0.15, -0.1) is 11.3 Å². The fourth-order valence-corrected chi connectivity index (χ4v) is 16.3. The van der Waals surface area contributed by atoms with Gasteiger partial charge in [-0.3, -0.25) is 0 Å². The van der Waals surface area contributed by atoms with Gasteiger partial charge in [-0.1, -0.05) is 309 Å². The van der Waals surface area contributed by atoms with Gasteiger partial charge in [0.25, 0.3) is 0 Å². The van der Waals surface area contributed by atoms with Crippen LogP contribution in [-0.2, 0) is 0 Å². The number of furan rings is 1. The van der Waals surface area contributed by atoms with E-state index in [1.54, 1.807) is 11.3 Å². The van der Waals surface area contributed by atoms with Crippen molar-refractivity contribution in [3.05, 3.63) is 405 Å². The van der Waals surface area contributed by atoms with Gasteiger partial charge in [0.15, 0.2) is 0 Å². The molecular weight excluding hydrogens is 1260 g/mol. The normalized spacial score (nSPS) is 13.3. The molecule has 1 atom stereocenters. The van der Waals surface area contributed by atoms with Crippen molar-refractivity contribution < 1.29 is 18.1 Å². The third-order valence-electron chi connectivity index (χ3n) is 19.7. The maximum Gasteiger partial charge on any atom is 0.143 e. The number of hydrogen-bond donors (Lipinski definition) is 0. The van der Waals surface area contributed by atoms with Crippen LogP contribution < -0.4 is 4.90 Å². The zero-order chi connectivity index (χ0) is 76.2. The van der Waals surface area contributed by atoms with E-state index in [1.807, 2.05) is 78.9 Å². The van der Waals surface area contributed by atoms with Crippen LogP contribution in [0.1, 0.15) is 36.3 Å². The van der Waals surface area contributed by atoms with Crippen LogP contribution in [0.3, 0.4) is 0 Å². The molecule has 4 aromatic heterocycles. The first kappa shape index (κ1) is 50.3. The first-order chi connectivity index (χ1) is 54.8. The number of aromatic nitrogens is 2. The van der Waals surface area contributed by atoms with Crippen molar-refractivity contribution in [3.63, 3.8) is 0 Å². The number of hydrogen-bond acceptors (Lipinski definition) is 3. The molecule has 20 aromatic rings. The lowest BCUT2D eigenvalue weighted by Crippen LogP contribution is -2.11. The Hall–Kier alpha value is -13.1. The Bertz CT molecular complexity index is 7060. The summed E-state index contributed by atoms with van der Waals surface area (Å²) in [5.41, 5.74) is 19.9. The molecule has 102 heavy (non-hydrogen) atoms. The lowest BCUT2D eigenvalue weighted by atomic mass is 9.84. The molecule has 0 aliphatic carbocycles. The fraction of sp³-hybridized carbons (Fsp3) is 0.0103. The van der Waals surface area contributed by atoms with Gasteiger partial charge < -0.3 is 18.5 Å². The highest BCUT2D eigenvalue weighted by Crippen LogP contribution is 2.47. The van der Waals surface area contributed by atoms with Crippen molar-refractivity contribution >= 4 is 114 Å². The highest BCUT2D eigenvalue weighted by molar-refractivity contribution is 7.26. The topological polar surface area (TPSA) is 26.2 Å². The summed E-state index contributed by atoms with van der Waals surface area (Å²) in [4.78, 5) is 2.22. The molecule has 20 rings (SSSR count). The minimum Gasteiger partial charge on any atom is -0.455 e. The van der Waals surface area contributed by atoms with Crippen LogP contribution in [0.5, 0.6) is 0 Å². The lowest BCUT2D eigenvalue weighted by Gasteiger charge is -2.27. The smallest absolute Gasteiger partial charge is 0.143 e. The molecule has 0 fully saturated rings. The van der Waals surface area contributed by atoms with E-state index in [4.69, 9.17) is 18.1 Å². The second-order valence-electron chi connectivity index (χ2n) is 25.5. The maximum atomic E-state index is 9.04. The second-order valence-corrected chi connectivity index (χ2v) is 26.5. The van der Waals surface area contributed by atoms with E-state index in [2.05, 4.69) is 263 Å². The highest BCUT2D eigenvalue weighted by atomic mass is 32.1. The van der Waals surface area contributed by atoms with Gasteiger partial charge in [0.05, 0.1) is 41.5 Å². The van der Waals surface area contributed by atoms with Crippen molar-refractivity contribution in [2.24, 2.45) is 0 Å². The Morgan fingerprint density at radius 2 is 0.755 bits per heavy atom. The van der Waals surface area contributed by atoms with Crippen molar-refractivity contribution in [1.82, 2.24) is 9.13 Å². The summed E-state index contributed by atoms with van der Waals surface area (Å²) in [6.07, 6.45) is 0. The van der Waals surface area contributed by atoms with E-state index >= 15 is 0 Å². The first-order valence-corrected chi connectivity index (χ1v) is 34.9. The highest BCUT2D eigenvalue weighted by Gasteiger charge is 2.24. The SMILES string of the molecule is [2H]c1c([2H])c([2H])c(-c2ccc(N(c3ccc(-c4cccc5c4oc4ccccc45)cc3)c3cccc4c5ccccc5n(-c5ccccc5)c34)cc2)c([2H])c1[2H].[2H]c1c([2H])c([2H])c(C(c2ccc(-c3cccc4c3sc3ccccc34)cc2)c2ccc(-c3cccc4c5ccccc5n(-c5ccccc5)c34)cc2)c([2H])c1[2H]. The molecule has 4 heterocycles. The van der Waals surface area contributed by atoms with Crippen LogP contribution in [0.4, 0.5) is 17.1 Å². The van der Waals surface area contributed by atoms with Gasteiger partial charge in [0.2, 0.25) is 0 Å². The molecule has 5 heteroatoms. The summed E-state index contributed by atoms with van der Waals surface area (Å²) in [6, 6.07) is 109. The van der Waals surface area contributed by atoms with Gasteiger partial charge in [0.1, 0.15) is 11.2 Å². The fourth-order valence-electron chi connectivity index (χ4n) is 15.1. The molecule has 0 N–H and O–H groups in total. The van der Waals surface area contributed by atoms with Crippen molar-refractivity contribution in [1.29, 1.82) is 0 Å². The third-order valence-corrected chi connectivity index (χ3v) is 20.9. The molecule has 0 radical (unpaired) electrons. The average molecular weight is 1330 g/mol. The Kier molecular flexibility index (Phi) is 12.7. The summed E-state index contributed by atoms with van der Waals surface area (Å²) in [7, 11) is 0. The van der Waals surface area contributed by atoms with Crippen LogP contribution in [0, 0.1) is 0 Å². The third kappa shape index (κ3) is 10.5. The Morgan fingerprint density at radius 1 is 0.304 bits per heavy atom. The number of fused-ring (bicyclic) bond motifs is 12. The van der Waals surface area contributed by atoms with E-state index < -0.39 is 18.0 Å². The molecule has 480 valence electrons. The zero-order valence-corrected chi connectivity index (χ0v) is 55.7. The van der Waals surface area contributed by atoms with Gasteiger partial charge in [-0.05, 0) is 129 Å². The predicted octanol–water partition coefficient (Wildman–Crippen LogP) is 27.2. The largest absolute Gasteiger partial charge is 0.455 e. The predicted molar refractivity (Wildman–Crippen MR) is 432 cm³/mol. The van der Waals surface area contributed by atoms with E-state index in [0.717, 1.165) is 133 Å². The first-order valence-electron chi connectivity index (χ1n) is 39.1. The monoisotopic (exact) mass is 1330 g/mol. The van der Waals surface area contributed by atoms with Crippen LogP contribution in [0.2, 0.25) is 0 Å². The average Bonchev–Trinajstić information content (AvgIpc) is 1.56. The molecule has 16 aromatic carbocycles. The zero-order valence-electron chi connectivity index (χ0n) is 64.9. The number of benzene rings is 16. The van der Waals surface area contributed by atoms with Crippen LogP contribution >= 0.6 is 11.3 Å². The van der Waals surface area contributed by atoms with E-state index in [1.165, 1.54) is 25.6 Å². The standard InChI is InChI=1S/C49H33NS.C48H32N2O/c1-3-13-35(14-4-1)47(37-31-27-34(28-32-37)40-20-12-22-44-42-18-8-10-24-46(42)51-49(40)44)36-29-25-33(26-30-36)39-19-11-21-43-41-17-7-9-23-45(41)50(48(39)43)38-15-5-2-6-16-38;1-3-13-33(14-4-1)34-25-29-37(30-26-34)49(38-31-27-35(28-32-38)39-19-11-21-43-41-18-8-10-24-46(41)51-48(39)43)45-23-12-20-42-40-17-7-9-22-44(40)50(47(42)45)36-15-5-2-6-16-36/h1-32,47H;1-32H/i2*1D,3D,4D,13D,14D. The molecule has 0 aliphatic heterocycles. The van der Waals surface area contributed by atoms with Gasteiger partial charge >= 0.3 is 0 Å². The molecule has 0 bridgehead atoms. The summed E-state index contributed by atoms with van der Waals surface area (Å²) < 4.78 is 98.9. The molecule has 4 nitrogen and oxygen atoms in total. The van der Waals surface area contributed by atoms with E-state index in [9.17, 15) is 0 Å². The van der Waals surface area contributed by atoms with Crippen LogP contribution in [0.25, 0.3) is 142 Å². The van der Waals surface area contributed by atoms with Gasteiger partial charge in [-0.25, -0.2) is 0 Å². The second kappa shape index (κ2) is 25.7. The summed E-state index contributed by atoms with van der Waals surface area (Å²) in [6.45, 7) is 0. The number of nitrogens with zero attached hydrogens (tertiary/aromatic N) is 3. The summed E-state index contributed by atoms with van der Waals surface area (Å²) in [5.74, 6) is -0.612. The van der Waals surface area contributed by atoms with Crippen molar-refractivity contribution in [3.8, 4) is 55.9 Å². The van der Waals surface area contributed by atoms with Crippen LogP contribution in [-0.4, -0.2) is 9.13 Å². The Morgan fingerprint density at radius 3 is 1.39 bits per heavy atom. The Labute approximate surface area is 609 Å². The molecule has 0 saturated carbocycles. The van der Waals surface area contributed by atoms with Gasteiger partial charge in [0, 0.05) is 92.3 Å². The van der Waals surface area contributed by atoms with Gasteiger partial charge in [-0.2, -0.15) is 0 Å². The van der Waals surface area contributed by atoms with E-state index in [-0.39, 0.29) is 59.5 Å². The quantitative estimate of drug-likeness (QED) is 0.114. The van der Waals surface area contributed by atoms with Crippen molar-refractivity contribution in [2.45, 2.75) is 5.92 Å². The minimum atomic E-state index is -0.612. The molecular formula is C97H65N3OS. The molecule has 0 aliphatic rings. The Balaban J connectivity index is 0.000000151. The number of para-hydroxylation sites is 8. The minimum absolute atomic E-state index is 0.171. The molecule has 0 amide bonds. The van der Waals surface area contributed by atoms with Crippen molar-refractivity contribution in [2.75, 3.05) is 4.90 Å². The summed E-state index contributed by atoms with van der Waals surface area (Å²) in [5, 5.41) is 9.21. The number of thiophene rings is 1. The lowest BCUT2D eigenvalue weighted by molar-refractivity contribution is 0.670. The summed E-state index contributed by atoms with van der Waals surface area (Å²) >= 11 is 1.79. The molecule has 0 spiro atoms. The number of anilines is 3. The molecule has 0 saturated heterocycles.